The fraction of sp³-hybridized carbons (Fsp3) is 0.222. The van der Waals surface area contributed by atoms with Gasteiger partial charge in [0.1, 0.15) is 11.8 Å². The quantitative estimate of drug-likeness (QED) is 0.684. The number of methoxy groups -OCH3 is 1. The van der Waals surface area contributed by atoms with Crippen LogP contribution in [0.15, 0.2) is 12.3 Å². The first-order valence-electron chi connectivity index (χ1n) is 3.82. The maximum absolute atomic E-state index is 10.9. The van der Waals surface area contributed by atoms with E-state index in [1.165, 1.54) is 19.4 Å². The van der Waals surface area contributed by atoms with Crippen LogP contribution < -0.4 is 0 Å². The fourth-order valence-corrected chi connectivity index (χ4v) is 0.929. The lowest BCUT2D eigenvalue weighted by atomic mass is 10.1. The SMILES string of the molecule is COC(=O)Cc1ncc(O)cc1C#N. The van der Waals surface area contributed by atoms with Gasteiger partial charge in [-0.1, -0.05) is 0 Å². The lowest BCUT2D eigenvalue weighted by Crippen LogP contribution is -2.07. The molecule has 0 unspecified atom stereocenters. The van der Waals surface area contributed by atoms with Crippen molar-refractivity contribution in [1.29, 1.82) is 5.26 Å². The Morgan fingerprint density at radius 1 is 1.79 bits per heavy atom. The van der Waals surface area contributed by atoms with E-state index in [9.17, 15) is 4.79 Å². The Labute approximate surface area is 80.6 Å². The van der Waals surface area contributed by atoms with Crippen LogP contribution in [0.2, 0.25) is 0 Å². The van der Waals surface area contributed by atoms with E-state index in [4.69, 9.17) is 10.4 Å². The van der Waals surface area contributed by atoms with Crippen LogP contribution in [0, 0.1) is 11.3 Å². The van der Waals surface area contributed by atoms with Gasteiger partial charge in [-0.25, -0.2) is 0 Å². The van der Waals surface area contributed by atoms with Gasteiger partial charge in [0.15, 0.2) is 0 Å². The molecule has 72 valence electrons. The summed E-state index contributed by atoms with van der Waals surface area (Å²) < 4.78 is 4.43. The molecule has 0 radical (unpaired) electrons. The summed E-state index contributed by atoms with van der Waals surface area (Å²) in [5.74, 6) is -0.574. The van der Waals surface area contributed by atoms with Crippen LogP contribution in [0.25, 0.3) is 0 Å². The minimum atomic E-state index is -0.473. The van der Waals surface area contributed by atoms with E-state index < -0.39 is 5.97 Å². The van der Waals surface area contributed by atoms with Crippen LogP contribution in [-0.4, -0.2) is 23.2 Å². The average molecular weight is 192 g/mol. The van der Waals surface area contributed by atoms with Crippen molar-refractivity contribution in [3.05, 3.63) is 23.5 Å². The number of esters is 1. The van der Waals surface area contributed by atoms with Crippen molar-refractivity contribution < 1.29 is 14.6 Å². The normalized spacial score (nSPS) is 9.14. The molecule has 0 aliphatic rings. The van der Waals surface area contributed by atoms with Gasteiger partial charge in [-0.05, 0) is 0 Å². The second kappa shape index (κ2) is 4.23. The maximum Gasteiger partial charge on any atom is 0.311 e. The molecule has 1 rings (SSSR count). The van der Waals surface area contributed by atoms with Gasteiger partial charge in [0.05, 0.1) is 31.0 Å². The van der Waals surface area contributed by atoms with Crippen molar-refractivity contribution >= 4 is 5.97 Å². The Balaban J connectivity index is 2.98. The summed E-state index contributed by atoms with van der Waals surface area (Å²) >= 11 is 0. The largest absolute Gasteiger partial charge is 0.506 e. The van der Waals surface area contributed by atoms with Crippen LogP contribution in [-0.2, 0) is 16.0 Å². The Hall–Kier alpha value is -2.09. The topological polar surface area (TPSA) is 83.2 Å². The van der Waals surface area contributed by atoms with Crippen LogP contribution in [0.3, 0.4) is 0 Å². The van der Waals surface area contributed by atoms with E-state index in [-0.39, 0.29) is 17.7 Å². The van der Waals surface area contributed by atoms with Crippen molar-refractivity contribution in [2.45, 2.75) is 6.42 Å². The number of rotatable bonds is 2. The number of hydrogen-bond acceptors (Lipinski definition) is 5. The molecule has 5 nitrogen and oxygen atoms in total. The molecule has 0 spiro atoms. The maximum atomic E-state index is 10.9. The number of aromatic hydroxyl groups is 1. The van der Waals surface area contributed by atoms with Crippen LogP contribution in [0.5, 0.6) is 5.75 Å². The number of pyridine rings is 1. The zero-order valence-corrected chi connectivity index (χ0v) is 7.52. The first kappa shape index (κ1) is 9.99. The molecule has 14 heavy (non-hydrogen) atoms. The summed E-state index contributed by atoms with van der Waals surface area (Å²) in [6.07, 6.45) is 1.11. The predicted molar refractivity (Wildman–Crippen MR) is 46.3 cm³/mol. The van der Waals surface area contributed by atoms with E-state index in [1.807, 2.05) is 6.07 Å². The molecule has 0 aromatic carbocycles. The third-order valence-electron chi connectivity index (χ3n) is 1.62. The second-order valence-corrected chi connectivity index (χ2v) is 2.55. The molecule has 0 atom stereocenters. The molecule has 0 aliphatic heterocycles. The molecule has 0 fully saturated rings. The fourth-order valence-electron chi connectivity index (χ4n) is 0.929. The monoisotopic (exact) mass is 192 g/mol. The van der Waals surface area contributed by atoms with Crippen molar-refractivity contribution in [3.63, 3.8) is 0 Å². The highest BCUT2D eigenvalue weighted by molar-refractivity contribution is 5.72. The van der Waals surface area contributed by atoms with Crippen molar-refractivity contribution in [3.8, 4) is 11.8 Å². The molecular formula is C9H8N2O3. The average Bonchev–Trinajstić information content (AvgIpc) is 2.20. The zero-order valence-electron chi connectivity index (χ0n) is 7.52. The molecule has 1 N–H and O–H groups in total. The Bertz CT molecular complexity index is 396. The minimum Gasteiger partial charge on any atom is -0.506 e. The van der Waals surface area contributed by atoms with Crippen LogP contribution in [0.4, 0.5) is 0 Å². The third kappa shape index (κ3) is 2.20. The highest BCUT2D eigenvalue weighted by Crippen LogP contribution is 2.13. The van der Waals surface area contributed by atoms with Gasteiger partial charge in [0, 0.05) is 6.07 Å². The molecule has 0 saturated carbocycles. The summed E-state index contributed by atoms with van der Waals surface area (Å²) in [6.45, 7) is 0. The van der Waals surface area contributed by atoms with E-state index >= 15 is 0 Å². The van der Waals surface area contributed by atoms with E-state index in [0.717, 1.165) is 0 Å². The number of ether oxygens (including phenoxy) is 1. The molecular weight excluding hydrogens is 184 g/mol. The van der Waals surface area contributed by atoms with Gasteiger partial charge in [0.25, 0.3) is 0 Å². The number of aromatic nitrogens is 1. The van der Waals surface area contributed by atoms with Crippen molar-refractivity contribution in [2.75, 3.05) is 7.11 Å². The summed E-state index contributed by atoms with van der Waals surface area (Å²) in [4.78, 5) is 14.7. The number of hydrogen-bond donors (Lipinski definition) is 1. The van der Waals surface area contributed by atoms with E-state index in [2.05, 4.69) is 9.72 Å². The lowest BCUT2D eigenvalue weighted by molar-refractivity contribution is -0.139. The number of nitriles is 1. The van der Waals surface area contributed by atoms with Gasteiger partial charge >= 0.3 is 5.97 Å². The molecule has 0 amide bonds. The van der Waals surface area contributed by atoms with Gasteiger partial charge in [0.2, 0.25) is 0 Å². The molecule has 1 heterocycles. The van der Waals surface area contributed by atoms with Crippen molar-refractivity contribution in [1.82, 2.24) is 4.98 Å². The summed E-state index contributed by atoms with van der Waals surface area (Å²) in [7, 11) is 1.26. The minimum absolute atomic E-state index is 0.0698. The van der Waals surface area contributed by atoms with Gasteiger partial charge < -0.3 is 9.84 Å². The van der Waals surface area contributed by atoms with Crippen molar-refractivity contribution in [2.24, 2.45) is 0 Å². The molecule has 5 heteroatoms. The summed E-state index contributed by atoms with van der Waals surface area (Å²) in [5, 5.41) is 17.7. The number of carbonyl (C=O) groups excluding carboxylic acids is 1. The molecule has 1 aromatic heterocycles. The molecule has 1 aromatic rings. The van der Waals surface area contributed by atoms with Crippen LogP contribution in [0.1, 0.15) is 11.3 Å². The highest BCUT2D eigenvalue weighted by atomic mass is 16.5. The first-order valence-corrected chi connectivity index (χ1v) is 3.82. The first-order chi connectivity index (χ1) is 6.67. The standard InChI is InChI=1S/C9H8N2O3/c1-14-9(13)3-8-6(4-10)2-7(12)5-11-8/h2,5,12H,3H2,1H3. The van der Waals surface area contributed by atoms with E-state index in [1.54, 1.807) is 0 Å². The highest BCUT2D eigenvalue weighted by Gasteiger charge is 2.09. The second-order valence-electron chi connectivity index (χ2n) is 2.55. The molecule has 0 saturated heterocycles. The van der Waals surface area contributed by atoms with Gasteiger partial charge in [-0.3, -0.25) is 9.78 Å². The van der Waals surface area contributed by atoms with E-state index in [0.29, 0.717) is 5.69 Å². The lowest BCUT2D eigenvalue weighted by Gasteiger charge is -2.01. The third-order valence-corrected chi connectivity index (χ3v) is 1.62. The Kier molecular flexibility index (Phi) is 3.02. The smallest absolute Gasteiger partial charge is 0.311 e. The zero-order chi connectivity index (χ0) is 10.6. The number of carbonyl (C=O) groups is 1. The summed E-state index contributed by atoms with van der Waals surface area (Å²) in [5.41, 5.74) is 0.479. The molecule has 0 bridgehead atoms. The van der Waals surface area contributed by atoms with Gasteiger partial charge in [-0.15, -0.1) is 0 Å². The number of nitrogens with zero attached hydrogens (tertiary/aromatic N) is 2. The predicted octanol–water partition coefficient (Wildman–Crippen LogP) is 0.374. The Morgan fingerprint density at radius 3 is 3.07 bits per heavy atom. The summed E-state index contributed by atoms with van der Waals surface area (Å²) in [6, 6.07) is 3.09. The molecule has 0 aliphatic carbocycles. The van der Waals surface area contributed by atoms with Crippen LogP contribution >= 0.6 is 0 Å². The Morgan fingerprint density at radius 2 is 2.50 bits per heavy atom. The van der Waals surface area contributed by atoms with Gasteiger partial charge in [-0.2, -0.15) is 5.26 Å².